The molecular weight excluding hydrogens is 408 g/mol. The molecule has 0 saturated carbocycles. The molecule has 29 heavy (non-hydrogen) atoms. The largest absolute Gasteiger partial charge is 0.465 e. The Bertz CT molecular complexity index is 992. The van der Waals surface area contributed by atoms with Crippen molar-refractivity contribution < 1.29 is 14.3 Å². The Labute approximate surface area is 180 Å². The minimum Gasteiger partial charge on any atom is -0.465 e. The van der Waals surface area contributed by atoms with Crippen molar-refractivity contribution in [3.63, 3.8) is 0 Å². The van der Waals surface area contributed by atoms with Gasteiger partial charge in [-0.15, -0.1) is 11.3 Å². The number of rotatable bonds is 4. The van der Waals surface area contributed by atoms with E-state index in [1.165, 1.54) is 24.5 Å². The second kappa shape index (κ2) is 7.94. The number of thiophene rings is 1. The predicted octanol–water partition coefficient (Wildman–Crippen LogP) is 5.00. The standard InChI is InChI=1S/C22H25ClN2O3S/c1-21(2)12-14-17(20(27)28-5)19(29-18(14)22(3,4)25-21)24-16(26)11-10-13-8-6-7-9-15(13)23/h6-11,25H,12H2,1-5H3,(H,24,26)/b11-10+. The molecular formula is C22H25ClN2O3S. The van der Waals surface area contributed by atoms with Crippen molar-refractivity contribution in [3.05, 3.63) is 56.9 Å². The molecule has 0 bridgehead atoms. The number of methoxy groups -OCH3 is 1. The van der Waals surface area contributed by atoms with Gasteiger partial charge < -0.3 is 15.4 Å². The molecule has 7 heteroatoms. The zero-order valence-corrected chi connectivity index (χ0v) is 18.8. The second-order valence-electron chi connectivity index (χ2n) is 8.26. The fourth-order valence-electron chi connectivity index (χ4n) is 3.86. The number of ether oxygens (including phenoxy) is 1. The van der Waals surface area contributed by atoms with Gasteiger partial charge in [-0.1, -0.05) is 29.8 Å². The molecule has 2 N–H and O–H groups in total. The summed E-state index contributed by atoms with van der Waals surface area (Å²) in [5.41, 5.74) is 1.60. The number of fused-ring (bicyclic) bond motifs is 1. The van der Waals surface area contributed by atoms with Crippen molar-refractivity contribution in [1.82, 2.24) is 5.32 Å². The van der Waals surface area contributed by atoms with E-state index >= 15 is 0 Å². The van der Waals surface area contributed by atoms with E-state index in [1.807, 2.05) is 18.2 Å². The summed E-state index contributed by atoms with van der Waals surface area (Å²) in [5.74, 6) is -0.778. The summed E-state index contributed by atoms with van der Waals surface area (Å²) in [5, 5.41) is 7.53. The van der Waals surface area contributed by atoms with Crippen LogP contribution in [0, 0.1) is 0 Å². The molecule has 1 amide bonds. The van der Waals surface area contributed by atoms with E-state index in [0.717, 1.165) is 16.0 Å². The van der Waals surface area contributed by atoms with Crippen molar-refractivity contribution in [1.29, 1.82) is 0 Å². The fraction of sp³-hybridized carbons (Fsp3) is 0.364. The highest BCUT2D eigenvalue weighted by molar-refractivity contribution is 7.17. The van der Waals surface area contributed by atoms with Crippen LogP contribution in [0.5, 0.6) is 0 Å². The van der Waals surface area contributed by atoms with Crippen molar-refractivity contribution in [2.75, 3.05) is 12.4 Å². The maximum atomic E-state index is 12.6. The first-order valence-corrected chi connectivity index (χ1v) is 10.5. The molecule has 0 unspecified atom stereocenters. The van der Waals surface area contributed by atoms with Gasteiger partial charge in [0.05, 0.1) is 12.7 Å². The molecule has 3 rings (SSSR count). The molecule has 0 radical (unpaired) electrons. The Kier molecular flexibility index (Phi) is 5.90. The summed E-state index contributed by atoms with van der Waals surface area (Å²) < 4.78 is 5.02. The number of benzene rings is 1. The summed E-state index contributed by atoms with van der Waals surface area (Å²) in [4.78, 5) is 26.2. The van der Waals surface area contributed by atoms with Gasteiger partial charge in [0.15, 0.2) is 0 Å². The van der Waals surface area contributed by atoms with Gasteiger partial charge in [-0.2, -0.15) is 0 Å². The SMILES string of the molecule is COC(=O)c1c(NC(=O)/C=C/c2ccccc2Cl)sc2c1CC(C)(C)NC2(C)C. The highest BCUT2D eigenvalue weighted by atomic mass is 35.5. The second-order valence-corrected chi connectivity index (χ2v) is 9.69. The van der Waals surface area contributed by atoms with Crippen molar-refractivity contribution >= 4 is 45.9 Å². The van der Waals surface area contributed by atoms with Crippen molar-refractivity contribution in [3.8, 4) is 0 Å². The molecule has 0 atom stereocenters. The maximum Gasteiger partial charge on any atom is 0.341 e. The summed E-state index contributed by atoms with van der Waals surface area (Å²) >= 11 is 7.54. The van der Waals surface area contributed by atoms with Crippen LogP contribution in [0.15, 0.2) is 30.3 Å². The Morgan fingerprint density at radius 3 is 2.59 bits per heavy atom. The van der Waals surface area contributed by atoms with Crippen LogP contribution in [0.25, 0.3) is 6.08 Å². The van der Waals surface area contributed by atoms with Crippen molar-refractivity contribution in [2.45, 2.75) is 45.2 Å². The third-order valence-corrected chi connectivity index (χ3v) is 6.61. The fourth-order valence-corrected chi connectivity index (χ4v) is 5.33. The lowest BCUT2D eigenvalue weighted by Gasteiger charge is -2.42. The summed E-state index contributed by atoms with van der Waals surface area (Å²) in [7, 11) is 1.35. The maximum absolute atomic E-state index is 12.6. The monoisotopic (exact) mass is 432 g/mol. The van der Waals surface area contributed by atoms with E-state index in [4.69, 9.17) is 16.3 Å². The van der Waals surface area contributed by atoms with Gasteiger partial charge in [0.25, 0.3) is 0 Å². The lowest BCUT2D eigenvalue weighted by molar-refractivity contribution is -0.111. The number of nitrogens with one attached hydrogen (secondary N) is 2. The summed E-state index contributed by atoms with van der Waals surface area (Å²) in [6.45, 7) is 8.35. The topological polar surface area (TPSA) is 67.4 Å². The van der Waals surface area contributed by atoms with E-state index in [0.29, 0.717) is 22.0 Å². The lowest BCUT2D eigenvalue weighted by atomic mass is 9.81. The number of halogens is 1. The van der Waals surface area contributed by atoms with E-state index in [1.54, 1.807) is 12.1 Å². The lowest BCUT2D eigenvalue weighted by Crippen LogP contribution is -2.55. The molecule has 0 aliphatic carbocycles. The number of carbonyl (C=O) groups excluding carboxylic acids is 2. The van der Waals surface area contributed by atoms with E-state index in [-0.39, 0.29) is 17.0 Å². The van der Waals surface area contributed by atoms with Gasteiger partial charge in [-0.25, -0.2) is 4.79 Å². The van der Waals surface area contributed by atoms with Crippen LogP contribution in [0.1, 0.15) is 54.1 Å². The Balaban J connectivity index is 1.96. The van der Waals surface area contributed by atoms with Crippen LogP contribution in [0.4, 0.5) is 5.00 Å². The zero-order chi connectivity index (χ0) is 21.4. The van der Waals surface area contributed by atoms with E-state index in [2.05, 4.69) is 38.3 Å². The average Bonchev–Trinajstić information content (AvgIpc) is 2.97. The number of esters is 1. The molecule has 5 nitrogen and oxygen atoms in total. The number of hydrogen-bond donors (Lipinski definition) is 2. The molecule has 0 spiro atoms. The molecule has 2 aromatic rings. The number of carbonyl (C=O) groups is 2. The van der Waals surface area contributed by atoms with Crippen LogP contribution in [-0.2, 0) is 21.5 Å². The van der Waals surface area contributed by atoms with Gasteiger partial charge >= 0.3 is 5.97 Å². The molecule has 2 heterocycles. The minimum atomic E-state index is -0.443. The molecule has 1 aliphatic heterocycles. The quantitative estimate of drug-likeness (QED) is 0.527. The smallest absolute Gasteiger partial charge is 0.341 e. The van der Waals surface area contributed by atoms with Crippen LogP contribution < -0.4 is 10.6 Å². The van der Waals surface area contributed by atoms with Gasteiger partial charge in [-0.05, 0) is 57.4 Å². The summed E-state index contributed by atoms with van der Waals surface area (Å²) in [6, 6.07) is 7.27. The molecule has 1 aliphatic rings. The molecule has 0 fully saturated rings. The van der Waals surface area contributed by atoms with E-state index < -0.39 is 5.97 Å². The Morgan fingerprint density at radius 1 is 1.24 bits per heavy atom. The number of amides is 1. The average molecular weight is 433 g/mol. The molecule has 1 aromatic heterocycles. The first-order valence-electron chi connectivity index (χ1n) is 9.31. The van der Waals surface area contributed by atoms with Gasteiger partial charge in [0, 0.05) is 27.1 Å². The first-order chi connectivity index (χ1) is 13.5. The van der Waals surface area contributed by atoms with Crippen LogP contribution in [0.2, 0.25) is 5.02 Å². The zero-order valence-electron chi connectivity index (χ0n) is 17.2. The van der Waals surface area contributed by atoms with Crippen LogP contribution in [-0.4, -0.2) is 24.5 Å². The highest BCUT2D eigenvalue weighted by Crippen LogP contribution is 2.45. The summed E-state index contributed by atoms with van der Waals surface area (Å²) in [6.07, 6.45) is 3.73. The van der Waals surface area contributed by atoms with Gasteiger partial charge in [0.1, 0.15) is 5.00 Å². The molecule has 154 valence electrons. The van der Waals surface area contributed by atoms with Crippen molar-refractivity contribution in [2.24, 2.45) is 0 Å². The molecule has 0 saturated heterocycles. The van der Waals surface area contributed by atoms with Crippen LogP contribution >= 0.6 is 22.9 Å². The Morgan fingerprint density at radius 2 is 1.93 bits per heavy atom. The number of anilines is 1. The Hall–Kier alpha value is -2.15. The highest BCUT2D eigenvalue weighted by Gasteiger charge is 2.42. The third kappa shape index (κ3) is 4.55. The first kappa shape index (κ1) is 21.6. The van der Waals surface area contributed by atoms with E-state index in [9.17, 15) is 9.59 Å². The molecule has 1 aromatic carbocycles. The van der Waals surface area contributed by atoms with Gasteiger partial charge in [-0.3, -0.25) is 4.79 Å². The van der Waals surface area contributed by atoms with Gasteiger partial charge in [0.2, 0.25) is 5.91 Å². The minimum absolute atomic E-state index is 0.189. The predicted molar refractivity (Wildman–Crippen MR) is 119 cm³/mol. The number of hydrogen-bond acceptors (Lipinski definition) is 5. The normalized spacial score (nSPS) is 17.0. The third-order valence-electron chi connectivity index (χ3n) is 4.79. The van der Waals surface area contributed by atoms with Crippen LogP contribution in [0.3, 0.4) is 0 Å².